The number of hydrogen-bond acceptors (Lipinski definition) is 6. The molecule has 2 unspecified atom stereocenters. The van der Waals surface area contributed by atoms with Crippen LogP contribution in [-0.4, -0.2) is 74.5 Å². The van der Waals surface area contributed by atoms with Gasteiger partial charge in [0.05, 0.1) is 18.6 Å². The Hall–Kier alpha value is -2.45. The molecule has 4 rings (SSSR count). The van der Waals surface area contributed by atoms with Crippen LogP contribution < -0.4 is 15.7 Å². The van der Waals surface area contributed by atoms with E-state index in [4.69, 9.17) is 4.74 Å². The number of morpholine rings is 1. The van der Waals surface area contributed by atoms with Crippen molar-refractivity contribution < 1.29 is 14.7 Å². The van der Waals surface area contributed by atoms with Gasteiger partial charge >= 0.3 is 0 Å². The number of piperazine rings is 1. The van der Waals surface area contributed by atoms with E-state index < -0.39 is 11.8 Å². The zero-order valence-electron chi connectivity index (χ0n) is 17.9. The Bertz CT molecular complexity index is 816. The Balaban J connectivity index is 1.33. The van der Waals surface area contributed by atoms with Gasteiger partial charge in [-0.05, 0) is 29.7 Å². The van der Waals surface area contributed by atoms with Gasteiger partial charge in [-0.2, -0.15) is 0 Å². The lowest BCUT2D eigenvalue weighted by Crippen LogP contribution is -2.48. The third-order valence-electron chi connectivity index (χ3n) is 6.24. The molecule has 2 aromatic rings. The number of amides is 1. The highest BCUT2D eigenvalue weighted by molar-refractivity contribution is 5.86. The van der Waals surface area contributed by atoms with Crippen LogP contribution in [0.4, 0.5) is 5.69 Å². The number of nitrogens with one attached hydrogen (secondary N) is 2. The van der Waals surface area contributed by atoms with E-state index in [0.29, 0.717) is 6.10 Å². The fourth-order valence-corrected chi connectivity index (χ4v) is 4.44. The smallest absolute Gasteiger partial charge is 0.255 e. The Morgan fingerprint density at radius 2 is 1.77 bits per heavy atom. The van der Waals surface area contributed by atoms with Crippen molar-refractivity contribution in [3.63, 3.8) is 0 Å². The molecule has 0 aromatic heterocycles. The van der Waals surface area contributed by atoms with Crippen LogP contribution in [0.5, 0.6) is 0 Å². The lowest BCUT2D eigenvalue weighted by atomic mass is 9.90. The molecular weight excluding hydrogens is 392 g/mol. The van der Waals surface area contributed by atoms with E-state index in [9.17, 15) is 10.0 Å². The summed E-state index contributed by atoms with van der Waals surface area (Å²) in [6, 6.07) is 17.7. The third kappa shape index (κ3) is 5.62. The number of rotatable bonds is 7. The van der Waals surface area contributed by atoms with E-state index in [1.54, 1.807) is 0 Å². The lowest BCUT2D eigenvalue weighted by molar-refractivity contribution is -0.129. The molecule has 0 radical (unpaired) electrons. The van der Waals surface area contributed by atoms with E-state index in [1.807, 2.05) is 47.9 Å². The number of hydroxylamine groups is 1. The molecule has 2 atom stereocenters. The van der Waals surface area contributed by atoms with Crippen LogP contribution in [0.1, 0.15) is 23.5 Å². The molecule has 0 spiro atoms. The number of nitrogens with zero attached hydrogens (tertiary/aromatic N) is 2. The SMILES string of the molecule is O=C(NO)C(c1ccccc1)c1ccc(N2CCN(CCC3CNCCO3)CC2)cc1. The summed E-state index contributed by atoms with van der Waals surface area (Å²) in [6.07, 6.45) is 1.42. The molecule has 2 aromatic carbocycles. The second-order valence-electron chi connectivity index (χ2n) is 8.23. The number of benzene rings is 2. The van der Waals surface area contributed by atoms with Crippen LogP contribution in [0, 0.1) is 0 Å². The fraction of sp³-hybridized carbons (Fsp3) is 0.458. The van der Waals surface area contributed by atoms with Gasteiger partial charge in [0, 0.05) is 51.5 Å². The van der Waals surface area contributed by atoms with Crippen LogP contribution in [0.25, 0.3) is 0 Å². The average Bonchev–Trinajstić information content (AvgIpc) is 2.85. The third-order valence-corrected chi connectivity index (χ3v) is 6.24. The number of carbonyl (C=O) groups excluding carboxylic acids is 1. The molecule has 31 heavy (non-hydrogen) atoms. The molecule has 0 bridgehead atoms. The molecule has 2 heterocycles. The molecule has 1 amide bonds. The van der Waals surface area contributed by atoms with Gasteiger partial charge < -0.3 is 15.0 Å². The lowest BCUT2D eigenvalue weighted by Gasteiger charge is -2.37. The summed E-state index contributed by atoms with van der Waals surface area (Å²) in [5.41, 5.74) is 4.70. The zero-order valence-corrected chi connectivity index (χ0v) is 17.9. The average molecular weight is 425 g/mol. The number of ether oxygens (including phenoxy) is 1. The predicted octanol–water partition coefficient (Wildman–Crippen LogP) is 1.82. The second kappa shape index (κ2) is 10.7. The molecule has 0 saturated carbocycles. The normalized spacial score (nSPS) is 20.9. The number of anilines is 1. The Morgan fingerprint density at radius 3 is 2.42 bits per heavy atom. The van der Waals surface area contributed by atoms with Crippen molar-refractivity contribution in [3.05, 3.63) is 65.7 Å². The summed E-state index contributed by atoms with van der Waals surface area (Å²) in [4.78, 5) is 17.2. The van der Waals surface area contributed by atoms with E-state index in [1.165, 1.54) is 5.69 Å². The summed E-state index contributed by atoms with van der Waals surface area (Å²) < 4.78 is 5.80. The highest BCUT2D eigenvalue weighted by Crippen LogP contribution is 2.27. The summed E-state index contributed by atoms with van der Waals surface area (Å²) in [7, 11) is 0. The van der Waals surface area contributed by atoms with Gasteiger partial charge in [-0.3, -0.25) is 14.9 Å². The van der Waals surface area contributed by atoms with E-state index in [-0.39, 0.29) is 0 Å². The maximum Gasteiger partial charge on any atom is 0.255 e. The summed E-state index contributed by atoms with van der Waals surface area (Å²) in [6.45, 7) is 7.89. The van der Waals surface area contributed by atoms with Gasteiger partial charge in [-0.25, -0.2) is 5.48 Å². The minimum Gasteiger partial charge on any atom is -0.376 e. The van der Waals surface area contributed by atoms with Crippen molar-refractivity contribution in [1.29, 1.82) is 0 Å². The van der Waals surface area contributed by atoms with Crippen molar-refractivity contribution in [1.82, 2.24) is 15.7 Å². The minimum atomic E-state index is -0.534. The number of hydrogen-bond donors (Lipinski definition) is 3. The van der Waals surface area contributed by atoms with E-state index >= 15 is 0 Å². The molecule has 2 aliphatic rings. The largest absolute Gasteiger partial charge is 0.376 e. The first-order valence-corrected chi connectivity index (χ1v) is 11.1. The maximum atomic E-state index is 12.3. The molecule has 7 nitrogen and oxygen atoms in total. The number of carbonyl (C=O) groups is 1. The molecule has 3 N–H and O–H groups in total. The highest BCUT2D eigenvalue weighted by atomic mass is 16.5. The highest BCUT2D eigenvalue weighted by Gasteiger charge is 2.23. The fourth-order valence-electron chi connectivity index (χ4n) is 4.44. The first-order valence-electron chi connectivity index (χ1n) is 11.1. The molecule has 2 aliphatic heterocycles. The second-order valence-corrected chi connectivity index (χ2v) is 8.23. The van der Waals surface area contributed by atoms with Crippen LogP contribution >= 0.6 is 0 Å². The van der Waals surface area contributed by atoms with Crippen LogP contribution in [0.2, 0.25) is 0 Å². The van der Waals surface area contributed by atoms with Gasteiger partial charge in [0.25, 0.3) is 5.91 Å². The summed E-state index contributed by atoms with van der Waals surface area (Å²) >= 11 is 0. The molecule has 2 saturated heterocycles. The first-order chi connectivity index (χ1) is 15.2. The monoisotopic (exact) mass is 424 g/mol. The van der Waals surface area contributed by atoms with Crippen LogP contribution in [-0.2, 0) is 9.53 Å². The summed E-state index contributed by atoms with van der Waals surface area (Å²) in [5.74, 6) is -0.960. The zero-order chi connectivity index (χ0) is 21.5. The van der Waals surface area contributed by atoms with Crippen LogP contribution in [0.3, 0.4) is 0 Å². The standard InChI is InChI=1S/C24H32N4O3/c29-24(26-30)23(19-4-2-1-3-5-19)20-6-8-21(9-7-20)28-15-13-27(14-16-28)12-10-22-18-25-11-17-31-22/h1-9,22-23,25,30H,10-18H2,(H,26,29). The van der Waals surface area contributed by atoms with Gasteiger partial charge in [0.2, 0.25) is 0 Å². The van der Waals surface area contributed by atoms with E-state index in [0.717, 1.165) is 70.0 Å². The Kier molecular flexibility index (Phi) is 7.53. The first kappa shape index (κ1) is 21.8. The van der Waals surface area contributed by atoms with Crippen molar-refractivity contribution >= 4 is 11.6 Å². The van der Waals surface area contributed by atoms with Crippen molar-refractivity contribution in [2.45, 2.75) is 18.4 Å². The molecule has 166 valence electrons. The Labute approximate surface area is 183 Å². The summed E-state index contributed by atoms with van der Waals surface area (Å²) in [5, 5.41) is 12.6. The molecule has 7 heteroatoms. The van der Waals surface area contributed by atoms with Gasteiger partial charge in [-0.1, -0.05) is 42.5 Å². The minimum absolute atomic E-state index is 0.341. The topological polar surface area (TPSA) is 77.1 Å². The van der Waals surface area contributed by atoms with Gasteiger partial charge in [-0.15, -0.1) is 0 Å². The quantitative estimate of drug-likeness (QED) is 0.465. The van der Waals surface area contributed by atoms with Crippen molar-refractivity contribution in [3.8, 4) is 0 Å². The molecule has 2 fully saturated rings. The van der Waals surface area contributed by atoms with E-state index in [2.05, 4.69) is 27.2 Å². The van der Waals surface area contributed by atoms with Gasteiger partial charge in [0.1, 0.15) is 0 Å². The Morgan fingerprint density at radius 1 is 1.06 bits per heavy atom. The van der Waals surface area contributed by atoms with Gasteiger partial charge in [0.15, 0.2) is 0 Å². The molecular formula is C24H32N4O3. The maximum absolute atomic E-state index is 12.3. The van der Waals surface area contributed by atoms with Crippen LogP contribution in [0.15, 0.2) is 54.6 Å². The predicted molar refractivity (Wildman–Crippen MR) is 121 cm³/mol. The van der Waals surface area contributed by atoms with Crippen molar-refractivity contribution in [2.24, 2.45) is 0 Å². The molecule has 0 aliphatic carbocycles. The van der Waals surface area contributed by atoms with Crippen molar-refractivity contribution in [2.75, 3.05) is 57.3 Å².